The van der Waals surface area contributed by atoms with E-state index >= 15 is 0 Å². The van der Waals surface area contributed by atoms with Crippen molar-refractivity contribution >= 4 is 15.9 Å². The molecule has 0 aliphatic carbocycles. The molecular weight excluding hydrogens is 204 g/mol. The predicted octanol–water partition coefficient (Wildman–Crippen LogP) is 3.47. The van der Waals surface area contributed by atoms with Crippen molar-refractivity contribution in [2.75, 3.05) is 0 Å². The van der Waals surface area contributed by atoms with Gasteiger partial charge in [-0.05, 0) is 6.07 Å². The number of hydrogen-bond acceptors (Lipinski definition) is 1. The number of halogens is 1. The summed E-state index contributed by atoms with van der Waals surface area (Å²) in [7, 11) is 0. The molecule has 0 amide bonds. The standard InChI is InChI=1S/C9H13BrO/c1-9(2,3)8-7(6-10)4-5-11-8/h4-5H,6H2,1-3H3. The lowest BCUT2D eigenvalue weighted by atomic mass is 9.91. The summed E-state index contributed by atoms with van der Waals surface area (Å²) in [6, 6.07) is 2.01. The van der Waals surface area contributed by atoms with Gasteiger partial charge in [0.25, 0.3) is 0 Å². The van der Waals surface area contributed by atoms with E-state index in [9.17, 15) is 0 Å². The second kappa shape index (κ2) is 3.02. The van der Waals surface area contributed by atoms with E-state index in [4.69, 9.17) is 4.42 Å². The minimum atomic E-state index is 0.118. The van der Waals surface area contributed by atoms with Crippen LogP contribution in [0.15, 0.2) is 16.7 Å². The Balaban J connectivity index is 3.02. The van der Waals surface area contributed by atoms with Crippen molar-refractivity contribution in [3.63, 3.8) is 0 Å². The Labute approximate surface area is 75.9 Å². The van der Waals surface area contributed by atoms with Gasteiger partial charge in [-0.2, -0.15) is 0 Å². The minimum absolute atomic E-state index is 0.118. The average molecular weight is 217 g/mol. The molecule has 0 fully saturated rings. The largest absolute Gasteiger partial charge is 0.468 e. The fourth-order valence-electron chi connectivity index (χ4n) is 1.10. The van der Waals surface area contributed by atoms with Gasteiger partial charge in [0.2, 0.25) is 0 Å². The highest BCUT2D eigenvalue weighted by molar-refractivity contribution is 9.08. The highest BCUT2D eigenvalue weighted by Crippen LogP contribution is 2.27. The summed E-state index contributed by atoms with van der Waals surface area (Å²) in [5, 5.41) is 0.871. The van der Waals surface area contributed by atoms with Gasteiger partial charge >= 0.3 is 0 Å². The SMILES string of the molecule is CC(C)(C)c1occc1CBr. The van der Waals surface area contributed by atoms with Crippen molar-refractivity contribution in [3.8, 4) is 0 Å². The Morgan fingerprint density at radius 3 is 2.45 bits per heavy atom. The van der Waals surface area contributed by atoms with Crippen molar-refractivity contribution in [2.24, 2.45) is 0 Å². The van der Waals surface area contributed by atoms with Gasteiger partial charge in [-0.15, -0.1) is 0 Å². The molecular formula is C9H13BrO. The monoisotopic (exact) mass is 216 g/mol. The van der Waals surface area contributed by atoms with E-state index in [2.05, 4.69) is 36.7 Å². The van der Waals surface area contributed by atoms with Gasteiger partial charge in [-0.3, -0.25) is 0 Å². The maximum Gasteiger partial charge on any atom is 0.113 e. The van der Waals surface area contributed by atoms with Crippen LogP contribution in [0, 0.1) is 0 Å². The summed E-state index contributed by atoms with van der Waals surface area (Å²) < 4.78 is 5.39. The van der Waals surface area contributed by atoms with Gasteiger partial charge in [0.1, 0.15) is 5.76 Å². The van der Waals surface area contributed by atoms with Crippen LogP contribution in [0.1, 0.15) is 32.1 Å². The minimum Gasteiger partial charge on any atom is -0.468 e. The molecule has 0 unspecified atom stereocenters. The van der Waals surface area contributed by atoms with Gasteiger partial charge in [-0.25, -0.2) is 0 Å². The lowest BCUT2D eigenvalue weighted by Crippen LogP contribution is -2.11. The first-order valence-electron chi connectivity index (χ1n) is 3.68. The molecule has 0 saturated carbocycles. The Morgan fingerprint density at radius 1 is 1.45 bits per heavy atom. The van der Waals surface area contributed by atoms with Crippen LogP contribution in [-0.4, -0.2) is 0 Å². The lowest BCUT2D eigenvalue weighted by molar-refractivity contribution is 0.406. The molecule has 0 N–H and O–H groups in total. The Hall–Kier alpha value is -0.240. The number of alkyl halides is 1. The molecule has 62 valence electrons. The molecule has 11 heavy (non-hydrogen) atoms. The summed E-state index contributed by atoms with van der Waals surface area (Å²) in [6.45, 7) is 6.45. The molecule has 1 heterocycles. The Kier molecular flexibility index (Phi) is 2.43. The summed E-state index contributed by atoms with van der Waals surface area (Å²) in [6.07, 6.45) is 1.75. The summed E-state index contributed by atoms with van der Waals surface area (Å²) in [5.74, 6) is 1.08. The summed E-state index contributed by atoms with van der Waals surface area (Å²) >= 11 is 3.42. The van der Waals surface area contributed by atoms with Crippen LogP contribution in [0.5, 0.6) is 0 Å². The molecule has 0 radical (unpaired) electrons. The number of rotatable bonds is 1. The maximum atomic E-state index is 5.39. The van der Waals surface area contributed by atoms with E-state index in [0.717, 1.165) is 11.1 Å². The second-order valence-corrected chi connectivity index (χ2v) is 4.22. The Bertz CT molecular complexity index is 232. The number of furan rings is 1. The molecule has 1 aromatic heterocycles. The molecule has 0 saturated heterocycles. The quantitative estimate of drug-likeness (QED) is 0.656. The fourth-order valence-corrected chi connectivity index (χ4v) is 1.54. The molecule has 1 nitrogen and oxygen atoms in total. The normalized spacial score (nSPS) is 12.0. The molecule has 0 spiro atoms. The third-order valence-electron chi connectivity index (χ3n) is 1.57. The average Bonchev–Trinajstić information content (AvgIpc) is 2.31. The fraction of sp³-hybridized carbons (Fsp3) is 0.556. The molecule has 0 aliphatic rings. The lowest BCUT2D eigenvalue weighted by Gasteiger charge is -2.16. The van der Waals surface area contributed by atoms with Gasteiger partial charge < -0.3 is 4.42 Å². The van der Waals surface area contributed by atoms with Gasteiger partial charge in [0, 0.05) is 16.3 Å². The zero-order chi connectivity index (χ0) is 8.48. The van der Waals surface area contributed by atoms with Crippen LogP contribution in [0.3, 0.4) is 0 Å². The van der Waals surface area contributed by atoms with Crippen LogP contribution in [0.4, 0.5) is 0 Å². The topological polar surface area (TPSA) is 13.1 Å². The Morgan fingerprint density at radius 2 is 2.09 bits per heavy atom. The smallest absolute Gasteiger partial charge is 0.113 e. The van der Waals surface area contributed by atoms with E-state index in [-0.39, 0.29) is 5.41 Å². The van der Waals surface area contributed by atoms with Crippen LogP contribution in [0.25, 0.3) is 0 Å². The van der Waals surface area contributed by atoms with Crippen LogP contribution >= 0.6 is 15.9 Å². The molecule has 2 heteroatoms. The van der Waals surface area contributed by atoms with Gasteiger partial charge in [0.05, 0.1) is 6.26 Å². The van der Waals surface area contributed by atoms with Crippen molar-refractivity contribution in [1.29, 1.82) is 0 Å². The van der Waals surface area contributed by atoms with Crippen molar-refractivity contribution < 1.29 is 4.42 Å². The second-order valence-electron chi connectivity index (χ2n) is 3.66. The third-order valence-corrected chi connectivity index (χ3v) is 2.18. The molecule has 1 rings (SSSR count). The summed E-state index contributed by atoms with van der Waals surface area (Å²) in [5.41, 5.74) is 1.37. The van der Waals surface area contributed by atoms with E-state index in [1.165, 1.54) is 5.56 Å². The van der Waals surface area contributed by atoms with Crippen molar-refractivity contribution in [3.05, 3.63) is 23.7 Å². The van der Waals surface area contributed by atoms with E-state index in [0.29, 0.717) is 0 Å². The zero-order valence-corrected chi connectivity index (χ0v) is 8.73. The predicted molar refractivity (Wildman–Crippen MR) is 50.0 cm³/mol. The first-order chi connectivity index (χ1) is 5.05. The molecule has 0 atom stereocenters. The molecule has 1 aromatic rings. The molecule has 0 aliphatic heterocycles. The first-order valence-corrected chi connectivity index (χ1v) is 4.80. The van der Waals surface area contributed by atoms with E-state index in [1.807, 2.05) is 6.07 Å². The van der Waals surface area contributed by atoms with Crippen molar-refractivity contribution in [1.82, 2.24) is 0 Å². The van der Waals surface area contributed by atoms with E-state index in [1.54, 1.807) is 6.26 Å². The number of hydrogen-bond donors (Lipinski definition) is 0. The molecule has 0 aromatic carbocycles. The third kappa shape index (κ3) is 1.86. The van der Waals surface area contributed by atoms with Crippen LogP contribution in [0.2, 0.25) is 0 Å². The van der Waals surface area contributed by atoms with Crippen LogP contribution < -0.4 is 0 Å². The van der Waals surface area contributed by atoms with Gasteiger partial charge in [-0.1, -0.05) is 36.7 Å². The highest BCUT2D eigenvalue weighted by atomic mass is 79.9. The van der Waals surface area contributed by atoms with E-state index < -0.39 is 0 Å². The zero-order valence-electron chi connectivity index (χ0n) is 7.15. The van der Waals surface area contributed by atoms with Crippen LogP contribution in [-0.2, 0) is 10.7 Å². The first kappa shape index (κ1) is 8.85. The summed E-state index contributed by atoms with van der Waals surface area (Å²) in [4.78, 5) is 0. The van der Waals surface area contributed by atoms with Crippen molar-refractivity contribution in [2.45, 2.75) is 31.5 Å². The van der Waals surface area contributed by atoms with Gasteiger partial charge in [0.15, 0.2) is 0 Å². The highest BCUT2D eigenvalue weighted by Gasteiger charge is 2.20. The molecule has 0 bridgehead atoms. The maximum absolute atomic E-state index is 5.39.